The van der Waals surface area contributed by atoms with Crippen molar-refractivity contribution in [3.8, 4) is 11.4 Å². The average Bonchev–Trinajstić information content (AvgIpc) is 3.27. The molecule has 0 atom stereocenters. The van der Waals surface area contributed by atoms with Crippen LogP contribution in [-0.2, 0) is 9.47 Å². The maximum atomic E-state index is 12.0. The van der Waals surface area contributed by atoms with Crippen LogP contribution >= 0.6 is 11.6 Å². The summed E-state index contributed by atoms with van der Waals surface area (Å²) in [6, 6.07) is 14.8. The second-order valence-corrected chi connectivity index (χ2v) is 7.07. The minimum atomic E-state index is -0.412. The Kier molecular flexibility index (Phi) is 5.69. The zero-order chi connectivity index (χ0) is 21.1. The van der Waals surface area contributed by atoms with Crippen molar-refractivity contribution < 1.29 is 14.3 Å². The van der Waals surface area contributed by atoms with Crippen molar-refractivity contribution in [2.24, 2.45) is 0 Å². The minimum Gasteiger partial charge on any atom is -0.435 e. The molecule has 0 amide bonds. The molecule has 0 radical (unpaired) electrons. The zero-order valence-electron chi connectivity index (χ0n) is 16.5. The zero-order valence-corrected chi connectivity index (χ0v) is 17.2. The molecule has 2 aromatic heterocycles. The molecule has 0 unspecified atom stereocenters. The number of halogens is 1. The van der Waals surface area contributed by atoms with Crippen molar-refractivity contribution in [2.45, 2.75) is 13.8 Å². The molecule has 8 nitrogen and oxygen atoms in total. The smallest absolute Gasteiger partial charge is 0.340 e. The van der Waals surface area contributed by atoms with E-state index in [2.05, 4.69) is 20.5 Å². The van der Waals surface area contributed by atoms with Crippen LogP contribution in [0.15, 0.2) is 48.5 Å². The van der Waals surface area contributed by atoms with Crippen LogP contribution in [0.2, 0.25) is 5.02 Å². The quantitative estimate of drug-likeness (QED) is 0.262. The van der Waals surface area contributed by atoms with E-state index in [4.69, 9.17) is 21.1 Å². The molecule has 2 heterocycles. The summed E-state index contributed by atoms with van der Waals surface area (Å²) >= 11 is 6.22. The van der Waals surface area contributed by atoms with Crippen molar-refractivity contribution in [1.29, 1.82) is 0 Å². The number of aryl methyl sites for hydroxylation is 2. The Labute approximate surface area is 177 Å². The number of aromatic amines is 1. The number of nitrogens with one attached hydrogen (secondary N) is 2. The molecule has 4 rings (SSSR count). The fourth-order valence-corrected chi connectivity index (χ4v) is 3.11. The van der Waals surface area contributed by atoms with Gasteiger partial charge in [0.15, 0.2) is 18.3 Å². The van der Waals surface area contributed by atoms with Gasteiger partial charge in [0, 0.05) is 11.3 Å². The number of ether oxygens (including phenoxy) is 2. The Morgan fingerprint density at radius 1 is 1.20 bits per heavy atom. The van der Waals surface area contributed by atoms with E-state index >= 15 is 0 Å². The Morgan fingerprint density at radius 3 is 2.83 bits per heavy atom. The number of fused-ring (bicyclic) bond motifs is 1. The molecular formula is C21H20ClN5O3. The maximum absolute atomic E-state index is 12.0. The van der Waals surface area contributed by atoms with Gasteiger partial charge in [-0.1, -0.05) is 41.9 Å². The number of carbonyl (C=O) groups excluding carboxylic acids is 1. The van der Waals surface area contributed by atoms with Crippen LogP contribution in [0, 0.1) is 13.8 Å². The summed E-state index contributed by atoms with van der Waals surface area (Å²) in [4.78, 5) is 16.5. The van der Waals surface area contributed by atoms with Crippen LogP contribution < -0.4 is 5.32 Å². The van der Waals surface area contributed by atoms with Crippen LogP contribution in [0.3, 0.4) is 0 Å². The van der Waals surface area contributed by atoms with Gasteiger partial charge in [-0.2, -0.15) is 4.63 Å². The summed E-state index contributed by atoms with van der Waals surface area (Å²) < 4.78 is 12.1. The van der Waals surface area contributed by atoms with E-state index < -0.39 is 5.97 Å². The number of aromatic nitrogens is 4. The third-order valence-corrected chi connectivity index (χ3v) is 5.00. The first-order valence-corrected chi connectivity index (χ1v) is 9.66. The van der Waals surface area contributed by atoms with E-state index in [1.165, 1.54) is 0 Å². The highest BCUT2D eigenvalue weighted by atomic mass is 35.5. The first-order chi connectivity index (χ1) is 14.5. The van der Waals surface area contributed by atoms with E-state index in [1.54, 1.807) is 16.8 Å². The molecule has 0 fully saturated rings. The Morgan fingerprint density at radius 2 is 2.03 bits per heavy atom. The molecule has 154 valence electrons. The molecule has 0 aliphatic heterocycles. The third-order valence-electron chi connectivity index (χ3n) is 4.54. The molecular weight excluding hydrogens is 406 g/mol. The Balaban J connectivity index is 1.31. The lowest BCUT2D eigenvalue weighted by Crippen LogP contribution is -2.13. The molecule has 30 heavy (non-hydrogen) atoms. The number of carbonyl (C=O) groups is 1. The number of benzene rings is 2. The lowest BCUT2D eigenvalue weighted by molar-refractivity contribution is -0.0260. The van der Waals surface area contributed by atoms with Crippen LogP contribution in [0.25, 0.3) is 17.0 Å². The van der Waals surface area contributed by atoms with Crippen LogP contribution in [0.4, 0.5) is 5.69 Å². The van der Waals surface area contributed by atoms with Crippen molar-refractivity contribution in [1.82, 2.24) is 19.8 Å². The van der Waals surface area contributed by atoms with Crippen molar-refractivity contribution in [2.75, 3.05) is 18.8 Å². The van der Waals surface area contributed by atoms with E-state index in [-0.39, 0.29) is 13.5 Å². The SMILES string of the molecule is Cc1ccccc1C(=O)OCOCNc1cccc(-c2nc3c(Cl)c(C)[nH]n3n2)c1. The molecule has 0 aliphatic rings. The van der Waals surface area contributed by atoms with Gasteiger partial charge in [-0.05, 0) is 37.6 Å². The molecule has 0 spiro atoms. The highest BCUT2D eigenvalue weighted by Gasteiger charge is 2.13. The second kappa shape index (κ2) is 8.56. The third kappa shape index (κ3) is 4.14. The molecule has 9 heteroatoms. The fraction of sp³-hybridized carbons (Fsp3) is 0.190. The normalized spacial score (nSPS) is 11.0. The van der Waals surface area contributed by atoms with E-state index in [9.17, 15) is 4.79 Å². The predicted molar refractivity (Wildman–Crippen MR) is 114 cm³/mol. The summed E-state index contributed by atoms with van der Waals surface area (Å²) in [5.41, 5.74) is 4.44. The minimum absolute atomic E-state index is 0.148. The number of H-pyrrole nitrogens is 1. The lowest BCUT2D eigenvalue weighted by atomic mass is 10.1. The van der Waals surface area contributed by atoms with Crippen LogP contribution in [-0.4, -0.2) is 39.3 Å². The van der Waals surface area contributed by atoms with E-state index in [1.807, 2.05) is 50.2 Å². The van der Waals surface area contributed by atoms with Crippen molar-refractivity contribution in [3.63, 3.8) is 0 Å². The molecule has 0 saturated heterocycles. The number of anilines is 1. The summed E-state index contributed by atoms with van der Waals surface area (Å²) in [5.74, 6) is 0.144. The maximum Gasteiger partial charge on any atom is 0.340 e. The van der Waals surface area contributed by atoms with E-state index in [0.29, 0.717) is 22.1 Å². The molecule has 2 N–H and O–H groups in total. The summed E-state index contributed by atoms with van der Waals surface area (Å²) in [5, 5.41) is 11.1. The molecule has 0 aliphatic carbocycles. The lowest BCUT2D eigenvalue weighted by Gasteiger charge is -2.10. The van der Waals surface area contributed by atoms with Gasteiger partial charge in [0.25, 0.3) is 0 Å². The summed E-state index contributed by atoms with van der Waals surface area (Å²) in [6.45, 7) is 3.75. The van der Waals surface area contributed by atoms with Crippen molar-refractivity contribution in [3.05, 3.63) is 70.4 Å². The largest absolute Gasteiger partial charge is 0.435 e. The monoisotopic (exact) mass is 425 g/mol. The highest BCUT2D eigenvalue weighted by molar-refractivity contribution is 6.34. The number of esters is 1. The standard InChI is InChI=1S/C21H20ClN5O3/c1-13-6-3-4-9-17(13)21(28)30-12-29-11-23-16-8-5-7-15(10-16)19-24-20-18(22)14(2)25-27(20)26-19/h3-10,23,25H,11-12H2,1-2H3. The van der Waals surface area contributed by atoms with Gasteiger partial charge in [-0.15, -0.1) is 5.10 Å². The molecule has 0 saturated carbocycles. The molecule has 0 bridgehead atoms. The van der Waals surface area contributed by atoms with Crippen LogP contribution in [0.1, 0.15) is 21.6 Å². The fourth-order valence-electron chi connectivity index (χ4n) is 2.95. The van der Waals surface area contributed by atoms with Gasteiger partial charge in [-0.25, -0.2) is 9.78 Å². The number of nitrogens with zero attached hydrogens (tertiary/aromatic N) is 3. The van der Waals surface area contributed by atoms with Gasteiger partial charge in [0.05, 0.1) is 11.3 Å². The summed E-state index contributed by atoms with van der Waals surface area (Å²) in [6.07, 6.45) is 0. The molecule has 4 aromatic rings. The van der Waals surface area contributed by atoms with Gasteiger partial charge in [-0.3, -0.25) is 5.10 Å². The Hall–Kier alpha value is -3.36. The first kappa shape index (κ1) is 19.9. The topological polar surface area (TPSA) is 93.5 Å². The predicted octanol–water partition coefficient (Wildman–Crippen LogP) is 4.20. The number of hydrogen-bond acceptors (Lipinski definition) is 6. The van der Waals surface area contributed by atoms with Gasteiger partial charge in [0.2, 0.25) is 0 Å². The van der Waals surface area contributed by atoms with Gasteiger partial charge >= 0.3 is 5.97 Å². The highest BCUT2D eigenvalue weighted by Crippen LogP contribution is 2.24. The first-order valence-electron chi connectivity index (χ1n) is 9.28. The number of rotatable bonds is 7. The summed E-state index contributed by atoms with van der Waals surface area (Å²) in [7, 11) is 0. The van der Waals surface area contributed by atoms with Crippen LogP contribution in [0.5, 0.6) is 0 Å². The average molecular weight is 426 g/mol. The Bertz CT molecular complexity index is 1200. The van der Waals surface area contributed by atoms with E-state index in [0.717, 1.165) is 22.5 Å². The van der Waals surface area contributed by atoms with Crippen molar-refractivity contribution >= 4 is 28.9 Å². The number of hydrogen-bond donors (Lipinski definition) is 2. The van der Waals surface area contributed by atoms with Gasteiger partial charge in [0.1, 0.15) is 11.8 Å². The molecule has 2 aromatic carbocycles. The van der Waals surface area contributed by atoms with Gasteiger partial charge < -0.3 is 14.8 Å². The second-order valence-electron chi connectivity index (χ2n) is 6.69.